The lowest BCUT2D eigenvalue weighted by Gasteiger charge is -2.31. The third kappa shape index (κ3) is 6.87. The largest absolute Gasteiger partial charge is 0.511 e. The molecule has 2 rings (SSSR count). The van der Waals surface area contributed by atoms with E-state index in [-0.39, 0.29) is 25.6 Å². The van der Waals surface area contributed by atoms with Crippen LogP contribution in [0, 0.1) is 17.8 Å². The van der Waals surface area contributed by atoms with Crippen molar-refractivity contribution < 1.29 is 57.1 Å². The predicted octanol–water partition coefficient (Wildman–Crippen LogP) is 2.25. The summed E-state index contributed by atoms with van der Waals surface area (Å²) in [5.41, 5.74) is -2.44. The molecule has 0 aliphatic heterocycles. The average molecular weight is 489 g/mol. The van der Waals surface area contributed by atoms with Crippen LogP contribution in [0.3, 0.4) is 0 Å². The zero-order valence-electron chi connectivity index (χ0n) is 19.9. The maximum atomic E-state index is 13.0. The van der Waals surface area contributed by atoms with Crippen molar-refractivity contribution in [3.8, 4) is 0 Å². The average Bonchev–Trinajstić information content (AvgIpc) is 3.34. The van der Waals surface area contributed by atoms with Crippen molar-refractivity contribution in [3.63, 3.8) is 0 Å². The summed E-state index contributed by atoms with van der Waals surface area (Å²) in [7, 11) is 0. The van der Waals surface area contributed by atoms with Crippen LogP contribution in [0.5, 0.6) is 0 Å². The lowest BCUT2D eigenvalue weighted by Crippen LogP contribution is -2.57. The monoisotopic (exact) mass is 489 g/mol. The first-order valence-electron chi connectivity index (χ1n) is 10.9. The van der Waals surface area contributed by atoms with E-state index in [2.05, 4.69) is 24.3 Å². The molecule has 2 aliphatic rings. The standard InChI is InChI=1S/C21H31NO12/c1-6-28-18(26)32-10-30-15(23)13-12-8-9-21(14(12)13,22-17(25)34-20(3,4)5)16(24)31-11-33-19(27)29-7-2/h12-14H,6-11H2,1-5H3,(H,22,25)/t12-,13-,14-,21-/m0/s1. The van der Waals surface area contributed by atoms with E-state index in [4.69, 9.17) is 14.2 Å². The number of rotatable bonds is 9. The molecule has 0 saturated heterocycles. The summed E-state index contributed by atoms with van der Waals surface area (Å²) < 4.78 is 33.8. The van der Waals surface area contributed by atoms with Gasteiger partial charge < -0.3 is 38.5 Å². The lowest BCUT2D eigenvalue weighted by atomic mass is 9.90. The van der Waals surface area contributed by atoms with Gasteiger partial charge in [0.2, 0.25) is 13.6 Å². The van der Waals surface area contributed by atoms with E-state index in [9.17, 15) is 24.0 Å². The summed E-state index contributed by atoms with van der Waals surface area (Å²) in [6.07, 6.45) is -2.31. The van der Waals surface area contributed by atoms with Crippen molar-refractivity contribution in [2.24, 2.45) is 17.8 Å². The highest BCUT2D eigenvalue weighted by atomic mass is 16.8. The van der Waals surface area contributed by atoms with Gasteiger partial charge in [-0.05, 0) is 53.4 Å². The zero-order chi connectivity index (χ0) is 25.5. The molecule has 2 fully saturated rings. The molecule has 0 heterocycles. The Labute approximate surface area is 196 Å². The number of amides is 1. The van der Waals surface area contributed by atoms with Crippen LogP contribution < -0.4 is 5.32 Å². The smallest absolute Gasteiger partial charge is 0.444 e. The minimum absolute atomic E-state index is 0.0738. The molecule has 4 atom stereocenters. The summed E-state index contributed by atoms with van der Waals surface area (Å²) in [6, 6.07) is 0. The normalized spacial score (nSPS) is 24.7. The molecule has 34 heavy (non-hydrogen) atoms. The van der Waals surface area contributed by atoms with Crippen LogP contribution in [-0.4, -0.2) is 68.3 Å². The lowest BCUT2D eigenvalue weighted by molar-refractivity contribution is -0.163. The summed E-state index contributed by atoms with van der Waals surface area (Å²) in [5, 5.41) is 2.56. The zero-order valence-corrected chi connectivity index (χ0v) is 19.9. The molecule has 0 aromatic carbocycles. The van der Waals surface area contributed by atoms with Crippen molar-refractivity contribution in [3.05, 3.63) is 0 Å². The van der Waals surface area contributed by atoms with Gasteiger partial charge in [-0.25, -0.2) is 19.2 Å². The molecule has 2 aliphatic carbocycles. The van der Waals surface area contributed by atoms with Gasteiger partial charge in [0.1, 0.15) is 11.1 Å². The molecular weight excluding hydrogens is 458 g/mol. The predicted molar refractivity (Wildman–Crippen MR) is 110 cm³/mol. The fourth-order valence-electron chi connectivity index (χ4n) is 4.02. The highest BCUT2D eigenvalue weighted by Crippen LogP contribution is 2.63. The second-order valence-electron chi connectivity index (χ2n) is 8.64. The van der Waals surface area contributed by atoms with Crippen LogP contribution in [0.25, 0.3) is 0 Å². The number of carbonyl (C=O) groups excluding carboxylic acids is 5. The quantitative estimate of drug-likeness (QED) is 0.286. The van der Waals surface area contributed by atoms with Gasteiger partial charge >= 0.3 is 30.3 Å². The molecule has 13 heteroatoms. The van der Waals surface area contributed by atoms with Gasteiger partial charge in [-0.15, -0.1) is 0 Å². The fraction of sp³-hybridized carbons (Fsp3) is 0.762. The van der Waals surface area contributed by atoms with Gasteiger partial charge in [0.05, 0.1) is 19.1 Å². The topological polar surface area (TPSA) is 162 Å². The molecular formula is C21H31NO12. The number of carbonyl (C=O) groups is 5. The summed E-state index contributed by atoms with van der Waals surface area (Å²) in [5.74, 6) is -3.26. The Bertz CT molecular complexity index is 791. The number of hydrogen-bond acceptors (Lipinski definition) is 12. The van der Waals surface area contributed by atoms with Gasteiger partial charge in [-0.2, -0.15) is 0 Å². The van der Waals surface area contributed by atoms with Crippen LogP contribution in [-0.2, 0) is 42.7 Å². The molecule has 13 nitrogen and oxygen atoms in total. The molecule has 0 aromatic rings. The molecule has 0 radical (unpaired) electrons. The molecule has 0 spiro atoms. The van der Waals surface area contributed by atoms with E-state index in [1.165, 1.54) is 0 Å². The first-order valence-corrected chi connectivity index (χ1v) is 10.9. The summed E-state index contributed by atoms with van der Waals surface area (Å²) >= 11 is 0. The number of alkyl carbamates (subject to hydrolysis) is 1. The Morgan fingerprint density at radius 3 is 1.94 bits per heavy atom. The molecule has 0 unspecified atom stereocenters. The molecule has 1 N–H and O–H groups in total. The van der Waals surface area contributed by atoms with E-state index < -0.39 is 66.9 Å². The van der Waals surface area contributed by atoms with Gasteiger partial charge in [0, 0.05) is 5.92 Å². The van der Waals surface area contributed by atoms with Gasteiger partial charge in [-0.3, -0.25) is 4.79 Å². The van der Waals surface area contributed by atoms with Crippen LogP contribution in [0.1, 0.15) is 47.5 Å². The molecule has 192 valence electrons. The minimum Gasteiger partial charge on any atom is -0.444 e. The van der Waals surface area contributed by atoms with E-state index >= 15 is 0 Å². The van der Waals surface area contributed by atoms with Crippen molar-refractivity contribution >= 4 is 30.3 Å². The second kappa shape index (κ2) is 11.3. The maximum absolute atomic E-state index is 13.0. The van der Waals surface area contributed by atoms with Gasteiger partial charge in [0.15, 0.2) is 0 Å². The first-order chi connectivity index (χ1) is 15.9. The number of ether oxygens (including phenoxy) is 7. The third-order valence-corrected chi connectivity index (χ3v) is 5.24. The van der Waals surface area contributed by atoms with Crippen molar-refractivity contribution in [1.82, 2.24) is 5.32 Å². The van der Waals surface area contributed by atoms with Crippen molar-refractivity contribution in [2.45, 2.75) is 58.6 Å². The van der Waals surface area contributed by atoms with Crippen LogP contribution in [0.4, 0.5) is 14.4 Å². The Morgan fingerprint density at radius 2 is 1.41 bits per heavy atom. The fourth-order valence-corrected chi connectivity index (χ4v) is 4.02. The molecule has 1 amide bonds. The van der Waals surface area contributed by atoms with Crippen LogP contribution in [0.2, 0.25) is 0 Å². The van der Waals surface area contributed by atoms with Crippen molar-refractivity contribution in [2.75, 3.05) is 26.8 Å². The van der Waals surface area contributed by atoms with E-state index in [0.717, 1.165) is 0 Å². The first kappa shape index (κ1) is 27.0. The second-order valence-corrected chi connectivity index (χ2v) is 8.64. The summed E-state index contributed by atoms with van der Waals surface area (Å²) in [6.45, 7) is 6.91. The maximum Gasteiger partial charge on any atom is 0.511 e. The van der Waals surface area contributed by atoms with Crippen LogP contribution in [0.15, 0.2) is 0 Å². The third-order valence-electron chi connectivity index (χ3n) is 5.24. The van der Waals surface area contributed by atoms with E-state index in [0.29, 0.717) is 6.42 Å². The molecule has 2 saturated carbocycles. The highest BCUT2D eigenvalue weighted by molar-refractivity contribution is 5.90. The Balaban J connectivity index is 2.06. The van der Waals surface area contributed by atoms with Gasteiger partial charge in [0.25, 0.3) is 0 Å². The van der Waals surface area contributed by atoms with E-state index in [1.54, 1.807) is 34.6 Å². The van der Waals surface area contributed by atoms with Crippen molar-refractivity contribution in [1.29, 1.82) is 0 Å². The Hall–Kier alpha value is -3.25. The number of fused-ring (bicyclic) bond motifs is 1. The molecule has 0 aromatic heterocycles. The Kier molecular flexibility index (Phi) is 8.93. The minimum atomic E-state index is -1.60. The van der Waals surface area contributed by atoms with Gasteiger partial charge in [-0.1, -0.05) is 0 Å². The summed E-state index contributed by atoms with van der Waals surface area (Å²) in [4.78, 5) is 60.6. The molecule has 0 bridgehead atoms. The van der Waals surface area contributed by atoms with E-state index in [1.807, 2.05) is 0 Å². The number of nitrogens with one attached hydrogen (secondary N) is 1. The number of esters is 2. The Morgan fingerprint density at radius 1 is 0.853 bits per heavy atom. The van der Waals surface area contributed by atoms with Crippen LogP contribution >= 0.6 is 0 Å². The number of hydrogen-bond donors (Lipinski definition) is 1. The highest BCUT2D eigenvalue weighted by Gasteiger charge is 2.73. The SMILES string of the molecule is CCOC(=O)OCOC(=O)[C@H]1[C@@H]2CC[C@@](NC(=O)OC(C)(C)C)(C(=O)OCOC(=O)OCC)[C@@H]21.